The number of nitrogens with one attached hydrogen (secondary N) is 1. The number of ether oxygens (including phenoxy) is 1. The van der Waals surface area contributed by atoms with E-state index in [0.29, 0.717) is 17.0 Å². The standard InChI is InChI=1S/C21H19N3O4S/c1-12-3-6-15(9-13(12)2)24-20(27)17(19(26)23-21(24)29)10-14-4-7-16(8-5-14)28-11-18(22)25/h3-10H,11H2,1-2H3,(H2,22,25)(H,23,26,29)/b17-10+. The third kappa shape index (κ3) is 4.49. The Bertz CT molecular complexity index is 1040. The number of hydrogen-bond donors (Lipinski definition) is 2. The zero-order chi connectivity index (χ0) is 21.1. The van der Waals surface area contributed by atoms with Gasteiger partial charge in [-0.3, -0.25) is 24.6 Å². The Labute approximate surface area is 173 Å². The van der Waals surface area contributed by atoms with E-state index in [4.69, 9.17) is 22.7 Å². The number of anilines is 1. The Morgan fingerprint density at radius 1 is 1.14 bits per heavy atom. The molecule has 3 amide bonds. The predicted molar refractivity (Wildman–Crippen MR) is 113 cm³/mol. The van der Waals surface area contributed by atoms with Crippen LogP contribution >= 0.6 is 12.2 Å². The Morgan fingerprint density at radius 3 is 2.45 bits per heavy atom. The zero-order valence-corrected chi connectivity index (χ0v) is 16.7. The van der Waals surface area contributed by atoms with Gasteiger partial charge >= 0.3 is 0 Å². The molecule has 148 valence electrons. The van der Waals surface area contributed by atoms with E-state index in [1.165, 1.54) is 11.0 Å². The molecule has 0 saturated carbocycles. The lowest BCUT2D eigenvalue weighted by Gasteiger charge is -2.29. The van der Waals surface area contributed by atoms with Gasteiger partial charge in [-0.15, -0.1) is 0 Å². The van der Waals surface area contributed by atoms with Crippen molar-refractivity contribution in [3.8, 4) is 5.75 Å². The van der Waals surface area contributed by atoms with E-state index in [-0.39, 0.29) is 17.3 Å². The van der Waals surface area contributed by atoms with Crippen LogP contribution < -0.4 is 20.7 Å². The minimum Gasteiger partial charge on any atom is -0.484 e. The Balaban J connectivity index is 1.88. The predicted octanol–water partition coefficient (Wildman–Crippen LogP) is 2.00. The molecular weight excluding hydrogens is 390 g/mol. The quantitative estimate of drug-likeness (QED) is 0.447. The summed E-state index contributed by atoms with van der Waals surface area (Å²) in [6.07, 6.45) is 1.48. The largest absolute Gasteiger partial charge is 0.484 e. The van der Waals surface area contributed by atoms with Gasteiger partial charge in [-0.25, -0.2) is 0 Å². The van der Waals surface area contributed by atoms with Gasteiger partial charge in [0, 0.05) is 0 Å². The summed E-state index contributed by atoms with van der Waals surface area (Å²) in [5.41, 5.74) is 8.30. The van der Waals surface area contributed by atoms with Crippen molar-refractivity contribution in [1.29, 1.82) is 0 Å². The first-order valence-electron chi connectivity index (χ1n) is 8.76. The van der Waals surface area contributed by atoms with E-state index in [1.807, 2.05) is 26.0 Å². The second-order valence-electron chi connectivity index (χ2n) is 6.55. The zero-order valence-electron chi connectivity index (χ0n) is 15.9. The average molecular weight is 409 g/mol. The first-order valence-corrected chi connectivity index (χ1v) is 9.17. The highest BCUT2D eigenvalue weighted by molar-refractivity contribution is 7.80. The molecule has 0 radical (unpaired) electrons. The van der Waals surface area contributed by atoms with E-state index in [0.717, 1.165) is 11.1 Å². The van der Waals surface area contributed by atoms with Crippen LogP contribution in [0.15, 0.2) is 48.0 Å². The van der Waals surface area contributed by atoms with Crippen molar-refractivity contribution < 1.29 is 19.1 Å². The highest BCUT2D eigenvalue weighted by atomic mass is 32.1. The highest BCUT2D eigenvalue weighted by Crippen LogP contribution is 2.24. The molecule has 2 aromatic rings. The summed E-state index contributed by atoms with van der Waals surface area (Å²) in [5.74, 6) is -1.20. The van der Waals surface area contributed by atoms with Crippen LogP contribution in [0.5, 0.6) is 5.75 Å². The molecule has 0 atom stereocenters. The van der Waals surface area contributed by atoms with E-state index in [2.05, 4.69) is 5.32 Å². The normalized spacial score (nSPS) is 15.4. The number of amides is 3. The maximum absolute atomic E-state index is 13.0. The molecule has 0 spiro atoms. The van der Waals surface area contributed by atoms with Crippen molar-refractivity contribution in [3.05, 3.63) is 64.7 Å². The molecule has 8 heteroatoms. The lowest BCUT2D eigenvalue weighted by Crippen LogP contribution is -2.54. The van der Waals surface area contributed by atoms with Gasteiger partial charge in [-0.1, -0.05) is 18.2 Å². The maximum atomic E-state index is 13.0. The number of thiocarbonyl (C=S) groups is 1. The molecule has 0 bridgehead atoms. The second-order valence-corrected chi connectivity index (χ2v) is 6.94. The number of carbonyl (C=O) groups excluding carboxylic acids is 3. The van der Waals surface area contributed by atoms with Gasteiger partial charge in [0.25, 0.3) is 17.7 Å². The summed E-state index contributed by atoms with van der Waals surface area (Å²) in [6.45, 7) is 3.68. The molecule has 1 aliphatic rings. The maximum Gasteiger partial charge on any atom is 0.270 e. The van der Waals surface area contributed by atoms with Crippen molar-refractivity contribution in [2.75, 3.05) is 11.5 Å². The van der Waals surface area contributed by atoms with E-state index < -0.39 is 17.7 Å². The van der Waals surface area contributed by atoms with Crippen LogP contribution in [-0.2, 0) is 14.4 Å². The summed E-state index contributed by atoms with van der Waals surface area (Å²) in [5, 5.41) is 2.60. The third-order valence-electron chi connectivity index (χ3n) is 4.42. The molecule has 2 aromatic carbocycles. The van der Waals surface area contributed by atoms with Crippen LogP contribution in [0.2, 0.25) is 0 Å². The number of primary amides is 1. The van der Waals surface area contributed by atoms with Crippen LogP contribution in [0.3, 0.4) is 0 Å². The number of benzene rings is 2. The van der Waals surface area contributed by atoms with E-state index in [9.17, 15) is 14.4 Å². The highest BCUT2D eigenvalue weighted by Gasteiger charge is 2.34. The minimum atomic E-state index is -0.580. The number of rotatable bonds is 5. The smallest absolute Gasteiger partial charge is 0.270 e. The third-order valence-corrected chi connectivity index (χ3v) is 4.71. The molecular formula is C21H19N3O4S. The van der Waals surface area contributed by atoms with Crippen LogP contribution in [0.4, 0.5) is 5.69 Å². The molecule has 1 aliphatic heterocycles. The fraction of sp³-hybridized carbons (Fsp3) is 0.143. The van der Waals surface area contributed by atoms with Crippen LogP contribution in [0.25, 0.3) is 6.08 Å². The van der Waals surface area contributed by atoms with Gasteiger partial charge in [-0.2, -0.15) is 0 Å². The van der Waals surface area contributed by atoms with Gasteiger partial charge in [0.2, 0.25) is 0 Å². The Kier molecular flexibility index (Phi) is 5.74. The van der Waals surface area contributed by atoms with E-state index in [1.54, 1.807) is 30.3 Å². The van der Waals surface area contributed by atoms with Crippen LogP contribution in [0.1, 0.15) is 16.7 Å². The van der Waals surface area contributed by atoms with Crippen molar-refractivity contribution in [1.82, 2.24) is 5.32 Å². The molecule has 1 heterocycles. The molecule has 0 aliphatic carbocycles. The van der Waals surface area contributed by atoms with Crippen molar-refractivity contribution in [2.24, 2.45) is 5.73 Å². The topological polar surface area (TPSA) is 102 Å². The number of aryl methyl sites for hydroxylation is 2. The average Bonchev–Trinajstić information content (AvgIpc) is 2.67. The summed E-state index contributed by atoms with van der Waals surface area (Å²) >= 11 is 5.22. The lowest BCUT2D eigenvalue weighted by molar-refractivity contribution is -0.122. The molecule has 3 rings (SSSR count). The Hall–Kier alpha value is -3.52. The summed E-state index contributed by atoms with van der Waals surface area (Å²) < 4.78 is 5.20. The van der Waals surface area contributed by atoms with Crippen LogP contribution in [0, 0.1) is 13.8 Å². The molecule has 29 heavy (non-hydrogen) atoms. The van der Waals surface area contributed by atoms with Crippen molar-refractivity contribution >= 4 is 46.8 Å². The number of carbonyl (C=O) groups is 3. The number of nitrogens with two attached hydrogens (primary N) is 1. The first kappa shape index (κ1) is 20.2. The fourth-order valence-electron chi connectivity index (χ4n) is 2.74. The molecule has 3 N–H and O–H groups in total. The second kappa shape index (κ2) is 8.24. The molecule has 7 nitrogen and oxygen atoms in total. The van der Waals surface area contributed by atoms with Gasteiger partial charge in [0.1, 0.15) is 11.3 Å². The summed E-state index contributed by atoms with van der Waals surface area (Å²) in [4.78, 5) is 37.5. The molecule has 1 saturated heterocycles. The van der Waals surface area contributed by atoms with Gasteiger partial charge in [0.15, 0.2) is 11.7 Å². The van der Waals surface area contributed by atoms with Gasteiger partial charge in [0.05, 0.1) is 5.69 Å². The molecule has 0 aromatic heterocycles. The Morgan fingerprint density at radius 2 is 1.83 bits per heavy atom. The van der Waals surface area contributed by atoms with Crippen LogP contribution in [-0.4, -0.2) is 29.4 Å². The summed E-state index contributed by atoms with van der Waals surface area (Å²) in [7, 11) is 0. The van der Waals surface area contributed by atoms with Gasteiger partial charge < -0.3 is 10.5 Å². The van der Waals surface area contributed by atoms with Gasteiger partial charge in [-0.05, 0) is 73.1 Å². The molecule has 1 fully saturated rings. The van der Waals surface area contributed by atoms with Crippen molar-refractivity contribution in [2.45, 2.75) is 13.8 Å². The van der Waals surface area contributed by atoms with E-state index >= 15 is 0 Å². The minimum absolute atomic E-state index is 0.0376. The lowest BCUT2D eigenvalue weighted by atomic mass is 10.1. The first-order chi connectivity index (χ1) is 13.8. The number of nitrogens with zero attached hydrogens (tertiary/aromatic N) is 1. The molecule has 0 unspecified atom stereocenters. The monoisotopic (exact) mass is 409 g/mol. The number of hydrogen-bond acceptors (Lipinski definition) is 5. The van der Waals surface area contributed by atoms with Crippen molar-refractivity contribution in [3.63, 3.8) is 0 Å². The SMILES string of the molecule is Cc1ccc(N2C(=O)/C(=C/c3ccc(OCC(N)=O)cc3)C(=O)NC2=S)cc1C. The summed E-state index contributed by atoms with van der Waals surface area (Å²) in [6, 6.07) is 12.1. The fourth-order valence-corrected chi connectivity index (χ4v) is 3.02.